The average molecular weight is 176 g/mol. The van der Waals surface area contributed by atoms with Crippen molar-refractivity contribution in [2.75, 3.05) is 7.11 Å². The van der Waals surface area contributed by atoms with E-state index in [9.17, 15) is 0 Å². The number of aromatic amines is 1. The Hall–Kier alpha value is -1.91. The molecule has 2 aromatic rings. The number of hydrogen-bond donors (Lipinski definition) is 1. The Morgan fingerprint density at radius 2 is 2.54 bits per heavy atom. The van der Waals surface area contributed by atoms with Gasteiger partial charge in [-0.25, -0.2) is 9.97 Å². The van der Waals surface area contributed by atoms with Crippen LogP contribution < -0.4 is 0 Å². The molecule has 66 valence electrons. The first-order valence-corrected chi connectivity index (χ1v) is 3.75. The van der Waals surface area contributed by atoms with Crippen LogP contribution in [0.15, 0.2) is 23.9 Å². The van der Waals surface area contributed by atoms with E-state index < -0.39 is 0 Å². The first-order chi connectivity index (χ1) is 6.42. The minimum atomic E-state index is 0.799. The van der Waals surface area contributed by atoms with Crippen molar-refractivity contribution in [2.24, 2.45) is 5.16 Å². The highest BCUT2D eigenvalue weighted by Gasteiger charge is 2.00. The molecule has 0 aliphatic rings. The molecule has 0 radical (unpaired) electrons. The van der Waals surface area contributed by atoms with Gasteiger partial charge in [0.15, 0.2) is 0 Å². The van der Waals surface area contributed by atoms with Gasteiger partial charge in [-0.2, -0.15) is 0 Å². The maximum absolute atomic E-state index is 4.58. The van der Waals surface area contributed by atoms with Crippen LogP contribution in [0.25, 0.3) is 11.0 Å². The van der Waals surface area contributed by atoms with Gasteiger partial charge in [-0.15, -0.1) is 0 Å². The van der Waals surface area contributed by atoms with E-state index in [-0.39, 0.29) is 0 Å². The Bertz CT molecular complexity index is 434. The summed E-state index contributed by atoms with van der Waals surface area (Å²) in [5.74, 6) is 0. The van der Waals surface area contributed by atoms with Crippen LogP contribution in [0.2, 0.25) is 0 Å². The maximum atomic E-state index is 4.58. The van der Waals surface area contributed by atoms with Crippen molar-refractivity contribution >= 4 is 17.2 Å². The molecule has 0 aliphatic carbocycles. The highest BCUT2D eigenvalue weighted by molar-refractivity contribution is 5.96. The van der Waals surface area contributed by atoms with Crippen LogP contribution in [0.3, 0.4) is 0 Å². The van der Waals surface area contributed by atoms with Gasteiger partial charge < -0.3 is 9.82 Å². The van der Waals surface area contributed by atoms with Gasteiger partial charge in [0, 0.05) is 23.3 Å². The van der Waals surface area contributed by atoms with Crippen LogP contribution in [0.5, 0.6) is 0 Å². The normalized spacial score (nSPS) is 11.2. The number of H-pyrrole nitrogens is 1. The van der Waals surface area contributed by atoms with Gasteiger partial charge in [0.1, 0.15) is 19.1 Å². The lowest BCUT2D eigenvalue weighted by molar-refractivity contribution is 0.215. The van der Waals surface area contributed by atoms with Gasteiger partial charge in [0.05, 0.1) is 6.21 Å². The lowest BCUT2D eigenvalue weighted by atomic mass is 10.3. The number of nitrogens with one attached hydrogen (secondary N) is 1. The first-order valence-electron chi connectivity index (χ1n) is 3.75. The van der Waals surface area contributed by atoms with E-state index in [1.807, 2.05) is 6.20 Å². The van der Waals surface area contributed by atoms with Gasteiger partial charge in [-0.1, -0.05) is 5.16 Å². The molecule has 2 rings (SSSR count). The van der Waals surface area contributed by atoms with Crippen molar-refractivity contribution in [3.63, 3.8) is 0 Å². The molecule has 1 N–H and O–H groups in total. The van der Waals surface area contributed by atoms with Crippen molar-refractivity contribution < 1.29 is 4.84 Å². The van der Waals surface area contributed by atoms with Crippen LogP contribution in [0, 0.1) is 0 Å². The van der Waals surface area contributed by atoms with Crippen LogP contribution in [-0.4, -0.2) is 28.3 Å². The molecular formula is C8H8N4O. The summed E-state index contributed by atoms with van der Waals surface area (Å²) in [7, 11) is 1.50. The van der Waals surface area contributed by atoms with Crippen molar-refractivity contribution in [3.8, 4) is 0 Å². The van der Waals surface area contributed by atoms with E-state index in [1.54, 1.807) is 12.4 Å². The van der Waals surface area contributed by atoms with Crippen molar-refractivity contribution in [3.05, 3.63) is 24.3 Å². The lowest BCUT2D eigenvalue weighted by Crippen LogP contribution is -1.81. The Morgan fingerprint density at radius 1 is 1.62 bits per heavy atom. The molecule has 0 atom stereocenters. The van der Waals surface area contributed by atoms with E-state index in [0.717, 1.165) is 16.6 Å². The third-order valence-corrected chi connectivity index (χ3v) is 1.68. The molecule has 0 saturated heterocycles. The molecule has 0 amide bonds. The topological polar surface area (TPSA) is 63.2 Å². The Labute approximate surface area is 74.5 Å². The average Bonchev–Trinajstić information content (AvgIpc) is 2.58. The standard InChI is InChI=1S/C8H8N4O/c1-13-12-3-6-2-10-8-7(6)4-9-5-11-8/h2-5H,1H3,(H,9,10,11). The highest BCUT2D eigenvalue weighted by atomic mass is 16.6. The molecule has 13 heavy (non-hydrogen) atoms. The molecule has 0 bridgehead atoms. The Kier molecular flexibility index (Phi) is 1.91. The molecule has 0 aromatic carbocycles. The number of rotatable bonds is 2. The predicted molar refractivity (Wildman–Crippen MR) is 48.5 cm³/mol. The minimum absolute atomic E-state index is 0.799. The molecule has 0 aliphatic heterocycles. The van der Waals surface area contributed by atoms with E-state index in [0.29, 0.717) is 0 Å². The summed E-state index contributed by atoms with van der Waals surface area (Å²) in [5, 5.41) is 4.60. The molecule has 5 nitrogen and oxygen atoms in total. The summed E-state index contributed by atoms with van der Waals surface area (Å²) < 4.78 is 0. The molecule has 0 spiro atoms. The third-order valence-electron chi connectivity index (χ3n) is 1.68. The third kappa shape index (κ3) is 1.35. The molecule has 2 aromatic heterocycles. The summed E-state index contributed by atoms with van der Waals surface area (Å²) in [4.78, 5) is 15.5. The quantitative estimate of drug-likeness (QED) is 0.547. The second kappa shape index (κ2) is 3.22. The summed E-state index contributed by atoms with van der Waals surface area (Å²) in [5.41, 5.74) is 1.71. The van der Waals surface area contributed by atoms with Gasteiger partial charge >= 0.3 is 0 Å². The van der Waals surface area contributed by atoms with Crippen LogP contribution in [0.1, 0.15) is 5.56 Å². The summed E-state index contributed by atoms with van der Waals surface area (Å²) in [6.07, 6.45) is 6.65. The van der Waals surface area contributed by atoms with Crippen LogP contribution in [0.4, 0.5) is 0 Å². The van der Waals surface area contributed by atoms with Crippen LogP contribution >= 0.6 is 0 Å². The number of hydrogen-bond acceptors (Lipinski definition) is 4. The van der Waals surface area contributed by atoms with E-state index in [1.165, 1.54) is 13.4 Å². The van der Waals surface area contributed by atoms with Gasteiger partial charge in [0.25, 0.3) is 0 Å². The van der Waals surface area contributed by atoms with Gasteiger partial charge in [-0.3, -0.25) is 0 Å². The molecular weight excluding hydrogens is 168 g/mol. The molecule has 0 saturated carbocycles. The van der Waals surface area contributed by atoms with E-state index in [2.05, 4.69) is 24.9 Å². The largest absolute Gasteiger partial charge is 0.399 e. The summed E-state index contributed by atoms with van der Waals surface area (Å²) in [6, 6.07) is 0. The number of fused-ring (bicyclic) bond motifs is 1. The monoisotopic (exact) mass is 176 g/mol. The summed E-state index contributed by atoms with van der Waals surface area (Å²) in [6.45, 7) is 0. The number of oxime groups is 1. The second-order valence-electron chi connectivity index (χ2n) is 2.45. The fourth-order valence-electron chi connectivity index (χ4n) is 1.10. The van der Waals surface area contributed by atoms with Crippen LogP contribution in [-0.2, 0) is 4.84 Å². The molecule has 0 fully saturated rings. The van der Waals surface area contributed by atoms with E-state index in [4.69, 9.17) is 0 Å². The molecule has 5 heteroatoms. The Morgan fingerprint density at radius 3 is 3.38 bits per heavy atom. The second-order valence-corrected chi connectivity index (χ2v) is 2.45. The minimum Gasteiger partial charge on any atom is -0.399 e. The zero-order valence-corrected chi connectivity index (χ0v) is 7.06. The number of aromatic nitrogens is 3. The summed E-state index contributed by atoms with van der Waals surface area (Å²) >= 11 is 0. The van der Waals surface area contributed by atoms with Crippen molar-refractivity contribution in [1.29, 1.82) is 0 Å². The van der Waals surface area contributed by atoms with Crippen molar-refractivity contribution in [2.45, 2.75) is 0 Å². The maximum Gasteiger partial charge on any atom is 0.141 e. The Balaban J connectivity index is 2.52. The smallest absolute Gasteiger partial charge is 0.141 e. The van der Waals surface area contributed by atoms with Gasteiger partial charge in [0.2, 0.25) is 0 Å². The fraction of sp³-hybridized carbons (Fsp3) is 0.125. The van der Waals surface area contributed by atoms with Crippen molar-refractivity contribution in [1.82, 2.24) is 15.0 Å². The number of nitrogens with zero attached hydrogens (tertiary/aromatic N) is 3. The zero-order chi connectivity index (χ0) is 9.10. The fourth-order valence-corrected chi connectivity index (χ4v) is 1.10. The van der Waals surface area contributed by atoms with Gasteiger partial charge in [-0.05, 0) is 0 Å². The zero-order valence-electron chi connectivity index (χ0n) is 7.06. The van der Waals surface area contributed by atoms with E-state index >= 15 is 0 Å². The predicted octanol–water partition coefficient (Wildman–Crippen LogP) is 0.938. The highest BCUT2D eigenvalue weighted by Crippen LogP contribution is 2.11. The molecule has 0 unspecified atom stereocenters. The SMILES string of the molecule is CON=Cc1c[nH]c2ncncc12. The molecule has 2 heterocycles. The first kappa shape index (κ1) is 7.72. The lowest BCUT2D eigenvalue weighted by Gasteiger charge is -1.88.